The Morgan fingerprint density at radius 1 is 1.33 bits per heavy atom. The van der Waals surface area contributed by atoms with E-state index in [2.05, 4.69) is 15.0 Å². The summed E-state index contributed by atoms with van der Waals surface area (Å²) in [6, 6.07) is 7.23. The number of rotatable bonds is 6. The molecule has 1 atom stereocenters. The minimum atomic E-state index is -1.43. The van der Waals surface area contributed by atoms with Crippen molar-refractivity contribution in [1.29, 1.82) is 0 Å². The van der Waals surface area contributed by atoms with Crippen LogP contribution in [0.25, 0.3) is 22.2 Å². The molecule has 3 aromatic heterocycles. The molecule has 0 amide bonds. The summed E-state index contributed by atoms with van der Waals surface area (Å²) in [5, 5.41) is 11.5. The van der Waals surface area contributed by atoms with Crippen LogP contribution in [0.1, 0.15) is 26.5 Å². The van der Waals surface area contributed by atoms with Crippen molar-refractivity contribution < 1.29 is 19.2 Å². The molecule has 0 spiro atoms. The first kappa shape index (κ1) is 20.4. The number of methoxy groups -OCH3 is 1. The third-order valence-corrected chi connectivity index (χ3v) is 6.93. The van der Waals surface area contributed by atoms with E-state index in [0.717, 1.165) is 28.0 Å². The highest BCUT2D eigenvalue weighted by atomic mass is 32.2. The van der Waals surface area contributed by atoms with Crippen LogP contribution in [0.3, 0.4) is 0 Å². The first-order valence-corrected chi connectivity index (χ1v) is 11.3. The van der Waals surface area contributed by atoms with Crippen LogP contribution in [-0.2, 0) is 16.9 Å². The fourth-order valence-electron chi connectivity index (χ4n) is 3.37. The first-order chi connectivity index (χ1) is 14.4. The van der Waals surface area contributed by atoms with E-state index >= 15 is 0 Å². The normalized spacial score (nSPS) is 12.3. The highest BCUT2D eigenvalue weighted by molar-refractivity contribution is 7.90. The molecule has 2 N–H and O–H groups in total. The van der Waals surface area contributed by atoms with Crippen LogP contribution >= 0.6 is 11.3 Å². The molecular formula is C21H19N3O4S2. The average molecular weight is 442 g/mol. The Hall–Kier alpha value is -2.88. The van der Waals surface area contributed by atoms with Gasteiger partial charge in [0.2, 0.25) is 0 Å². The van der Waals surface area contributed by atoms with Gasteiger partial charge < -0.3 is 14.4 Å². The van der Waals surface area contributed by atoms with Gasteiger partial charge in [0.25, 0.3) is 0 Å². The number of aryl methyl sites for hydroxylation is 1. The molecule has 0 aliphatic carbocycles. The maximum atomic E-state index is 12.9. The molecule has 4 rings (SSSR count). The zero-order chi connectivity index (χ0) is 21.4. The molecule has 1 unspecified atom stereocenters. The van der Waals surface area contributed by atoms with Crippen molar-refractivity contribution >= 4 is 39.5 Å². The van der Waals surface area contributed by atoms with E-state index in [1.165, 1.54) is 11.3 Å². The van der Waals surface area contributed by atoms with E-state index in [9.17, 15) is 14.5 Å². The second-order valence-corrected chi connectivity index (χ2v) is 9.06. The number of carboxylic acid groups (broad SMARTS) is 1. The van der Waals surface area contributed by atoms with Gasteiger partial charge in [-0.25, -0.2) is 4.79 Å². The number of nitrogens with zero attached hydrogens (tertiary/aromatic N) is 2. The van der Waals surface area contributed by atoms with Gasteiger partial charge in [-0.3, -0.25) is 9.97 Å². The topological polar surface area (TPSA) is 111 Å². The lowest BCUT2D eigenvalue weighted by atomic mass is 10.1. The third-order valence-electron chi connectivity index (χ3n) is 4.87. The predicted octanol–water partition coefficient (Wildman–Crippen LogP) is 4.32. The van der Waals surface area contributed by atoms with Gasteiger partial charge in [0.15, 0.2) is 5.75 Å². The monoisotopic (exact) mass is 441 g/mol. The van der Waals surface area contributed by atoms with E-state index in [-0.39, 0.29) is 10.6 Å². The van der Waals surface area contributed by atoms with Gasteiger partial charge in [0.05, 0.1) is 23.8 Å². The van der Waals surface area contributed by atoms with E-state index < -0.39 is 17.1 Å². The summed E-state index contributed by atoms with van der Waals surface area (Å²) < 4.78 is 18.4. The highest BCUT2D eigenvalue weighted by Gasteiger charge is 2.22. The largest absolute Gasteiger partial charge is 0.609 e. The molecule has 154 valence electrons. The third kappa shape index (κ3) is 3.67. The average Bonchev–Trinajstić information content (AvgIpc) is 3.37. The van der Waals surface area contributed by atoms with Gasteiger partial charge in [-0.1, -0.05) is 6.07 Å². The summed E-state index contributed by atoms with van der Waals surface area (Å²) in [6.45, 7) is 3.82. The highest BCUT2D eigenvalue weighted by Crippen LogP contribution is 2.31. The molecule has 4 aromatic rings. The van der Waals surface area contributed by atoms with Crippen LogP contribution in [-0.4, -0.2) is 37.7 Å². The summed E-state index contributed by atoms with van der Waals surface area (Å²) in [5.41, 5.74) is 5.25. The number of fused-ring (bicyclic) bond motifs is 1. The van der Waals surface area contributed by atoms with Gasteiger partial charge in [0.1, 0.15) is 10.6 Å². The molecule has 0 radical (unpaired) electrons. The quantitative estimate of drug-likeness (QED) is 0.431. The number of ether oxygens (including phenoxy) is 1. The van der Waals surface area contributed by atoms with Crippen molar-refractivity contribution in [2.75, 3.05) is 7.11 Å². The van der Waals surface area contributed by atoms with Crippen LogP contribution in [0.5, 0.6) is 5.75 Å². The lowest BCUT2D eigenvalue weighted by Crippen LogP contribution is -2.10. The second kappa shape index (κ2) is 8.10. The summed E-state index contributed by atoms with van der Waals surface area (Å²) >= 11 is -0.245. The fraction of sp³-hybridized carbons (Fsp3) is 0.190. The molecule has 7 nitrogen and oxygen atoms in total. The predicted molar refractivity (Wildman–Crippen MR) is 117 cm³/mol. The Bertz CT molecular complexity index is 1250. The maximum absolute atomic E-state index is 12.9. The number of carbonyl (C=O) groups is 1. The molecule has 0 bridgehead atoms. The number of H-pyrrole nitrogens is 1. The number of aromatic carboxylic acids is 1. The molecule has 3 heterocycles. The number of carboxylic acids is 1. The Kier molecular flexibility index (Phi) is 5.50. The number of hydrogen-bond acceptors (Lipinski definition) is 6. The second-order valence-electron chi connectivity index (χ2n) is 6.78. The minimum absolute atomic E-state index is 0.211. The van der Waals surface area contributed by atoms with E-state index in [1.54, 1.807) is 30.8 Å². The van der Waals surface area contributed by atoms with Crippen LogP contribution in [0.4, 0.5) is 0 Å². The molecule has 9 heteroatoms. The molecule has 0 saturated carbocycles. The molecular weight excluding hydrogens is 422 g/mol. The number of nitrogens with one attached hydrogen (secondary N) is 1. The van der Waals surface area contributed by atoms with Crippen molar-refractivity contribution in [3.63, 3.8) is 0 Å². The van der Waals surface area contributed by atoms with Gasteiger partial charge in [0, 0.05) is 34.1 Å². The number of hydrogen-bond donors (Lipinski definition) is 2. The number of benzene rings is 1. The van der Waals surface area contributed by atoms with Crippen LogP contribution < -0.4 is 4.74 Å². The Morgan fingerprint density at radius 2 is 2.13 bits per heavy atom. The molecule has 0 saturated heterocycles. The number of aromatic amines is 1. The molecule has 1 aromatic carbocycles. The van der Waals surface area contributed by atoms with Crippen molar-refractivity contribution in [3.05, 3.63) is 57.5 Å². The smallest absolute Gasteiger partial charge is 0.346 e. The lowest BCUT2D eigenvalue weighted by molar-refractivity contribution is 0.0703. The number of imidazole rings is 1. The molecule has 0 fully saturated rings. The zero-order valence-electron chi connectivity index (χ0n) is 16.6. The van der Waals surface area contributed by atoms with Crippen molar-refractivity contribution in [1.82, 2.24) is 15.0 Å². The van der Waals surface area contributed by atoms with Crippen LogP contribution in [0.2, 0.25) is 0 Å². The standard InChI is InChI=1S/C21H19N3O4S2/c1-11-9-22-17(12(2)18(11)28-3)10-30(27)21-23-15-5-4-13(8-16(15)24-21)14-6-7-29-19(14)20(25)26/h4-9H,10H2,1-3H3,(H,23,24)(H,25,26). The maximum Gasteiger partial charge on any atom is 0.346 e. The summed E-state index contributed by atoms with van der Waals surface area (Å²) in [7, 11) is 1.61. The fourth-order valence-corrected chi connectivity index (χ4v) is 5.22. The van der Waals surface area contributed by atoms with E-state index in [1.807, 2.05) is 26.0 Å². The zero-order valence-corrected chi connectivity index (χ0v) is 18.2. The summed E-state index contributed by atoms with van der Waals surface area (Å²) in [4.78, 5) is 23.7. The minimum Gasteiger partial charge on any atom is -0.609 e. The molecule has 0 aliphatic heterocycles. The van der Waals surface area contributed by atoms with Crippen molar-refractivity contribution in [2.24, 2.45) is 0 Å². The Balaban J connectivity index is 1.64. The van der Waals surface area contributed by atoms with Gasteiger partial charge in [-0.15, -0.1) is 11.3 Å². The van der Waals surface area contributed by atoms with E-state index in [0.29, 0.717) is 21.9 Å². The number of pyridine rings is 1. The SMILES string of the molecule is COc1c(C)cnc(C[S+]([O-])c2nc3cc(-c4ccsc4C(=O)O)ccc3[nH]2)c1C. The lowest BCUT2D eigenvalue weighted by Gasteiger charge is -2.13. The van der Waals surface area contributed by atoms with Crippen LogP contribution in [0, 0.1) is 13.8 Å². The first-order valence-electron chi connectivity index (χ1n) is 9.07. The Morgan fingerprint density at radius 3 is 2.87 bits per heavy atom. The number of thiophene rings is 1. The molecule has 0 aliphatic rings. The van der Waals surface area contributed by atoms with E-state index in [4.69, 9.17) is 4.74 Å². The van der Waals surface area contributed by atoms with Gasteiger partial charge in [-0.2, -0.15) is 4.98 Å². The Labute approximate surface area is 180 Å². The van der Waals surface area contributed by atoms with Crippen molar-refractivity contribution in [2.45, 2.75) is 24.8 Å². The molecule has 30 heavy (non-hydrogen) atoms. The van der Waals surface area contributed by atoms with Crippen LogP contribution in [0.15, 0.2) is 41.0 Å². The van der Waals surface area contributed by atoms with Gasteiger partial charge >= 0.3 is 11.1 Å². The summed E-state index contributed by atoms with van der Waals surface area (Å²) in [6.07, 6.45) is 1.71. The van der Waals surface area contributed by atoms with Crippen molar-refractivity contribution in [3.8, 4) is 16.9 Å². The van der Waals surface area contributed by atoms with Gasteiger partial charge in [-0.05, 0) is 43.0 Å². The number of aromatic nitrogens is 3. The summed E-state index contributed by atoms with van der Waals surface area (Å²) in [5.74, 6) is -0.000364.